The van der Waals surface area contributed by atoms with E-state index in [0.29, 0.717) is 5.82 Å². The van der Waals surface area contributed by atoms with Crippen molar-refractivity contribution in [2.45, 2.75) is 39.8 Å². The Kier molecular flexibility index (Phi) is 3.63. The standard InChI is InChI=1S/C11H18N2O2/c1-5-13-7-6-12-10(13)9(14)8-15-11(2,3)4/h6-7H,5,8H2,1-4H3. The Bertz CT molecular complexity index is 337. The highest BCUT2D eigenvalue weighted by atomic mass is 16.5. The van der Waals surface area contributed by atoms with Gasteiger partial charge >= 0.3 is 0 Å². The summed E-state index contributed by atoms with van der Waals surface area (Å²) in [6, 6.07) is 0. The molecule has 1 aromatic heterocycles. The quantitative estimate of drug-likeness (QED) is 0.713. The maximum Gasteiger partial charge on any atom is 0.223 e. The number of carbonyl (C=O) groups excluding carboxylic acids is 1. The number of ether oxygens (including phenoxy) is 1. The van der Waals surface area contributed by atoms with E-state index in [1.54, 1.807) is 12.4 Å². The first-order chi connectivity index (χ1) is 6.94. The number of aryl methyl sites for hydroxylation is 1. The van der Waals surface area contributed by atoms with E-state index in [9.17, 15) is 4.79 Å². The van der Waals surface area contributed by atoms with Gasteiger partial charge in [0, 0.05) is 18.9 Å². The van der Waals surface area contributed by atoms with Crippen molar-refractivity contribution < 1.29 is 9.53 Å². The molecule has 84 valence electrons. The van der Waals surface area contributed by atoms with Crippen LogP contribution in [0.15, 0.2) is 12.4 Å². The molecule has 0 unspecified atom stereocenters. The zero-order chi connectivity index (χ0) is 11.5. The van der Waals surface area contributed by atoms with Gasteiger partial charge in [-0.1, -0.05) is 0 Å². The predicted octanol–water partition coefficient (Wildman–Crippen LogP) is 1.90. The largest absolute Gasteiger partial charge is 0.368 e. The molecular weight excluding hydrogens is 192 g/mol. The van der Waals surface area contributed by atoms with E-state index < -0.39 is 0 Å². The first-order valence-electron chi connectivity index (χ1n) is 5.12. The van der Waals surface area contributed by atoms with Crippen molar-refractivity contribution in [1.82, 2.24) is 9.55 Å². The molecular formula is C11H18N2O2. The molecule has 1 heterocycles. The minimum absolute atomic E-state index is 0.0724. The summed E-state index contributed by atoms with van der Waals surface area (Å²) < 4.78 is 7.23. The number of hydrogen-bond donors (Lipinski definition) is 0. The average molecular weight is 210 g/mol. The predicted molar refractivity (Wildman–Crippen MR) is 57.9 cm³/mol. The number of hydrogen-bond acceptors (Lipinski definition) is 3. The van der Waals surface area contributed by atoms with Crippen molar-refractivity contribution in [2.24, 2.45) is 0 Å². The molecule has 0 saturated carbocycles. The minimum Gasteiger partial charge on any atom is -0.368 e. The molecule has 4 nitrogen and oxygen atoms in total. The maximum absolute atomic E-state index is 11.7. The lowest BCUT2D eigenvalue weighted by molar-refractivity contribution is 0.00249. The summed E-state index contributed by atoms with van der Waals surface area (Å²) in [7, 11) is 0. The van der Waals surface area contributed by atoms with E-state index in [4.69, 9.17) is 4.74 Å². The molecule has 0 bridgehead atoms. The van der Waals surface area contributed by atoms with Crippen LogP contribution in [0.2, 0.25) is 0 Å². The van der Waals surface area contributed by atoms with Crippen molar-refractivity contribution in [1.29, 1.82) is 0 Å². The van der Waals surface area contributed by atoms with Gasteiger partial charge < -0.3 is 9.30 Å². The van der Waals surface area contributed by atoms with Crippen LogP contribution in [0.1, 0.15) is 38.3 Å². The van der Waals surface area contributed by atoms with E-state index in [1.165, 1.54) is 0 Å². The van der Waals surface area contributed by atoms with Crippen molar-refractivity contribution >= 4 is 5.78 Å². The second-order valence-electron chi connectivity index (χ2n) is 4.36. The molecule has 0 N–H and O–H groups in total. The molecule has 0 radical (unpaired) electrons. The zero-order valence-corrected chi connectivity index (χ0v) is 9.78. The molecule has 0 saturated heterocycles. The van der Waals surface area contributed by atoms with Crippen LogP contribution < -0.4 is 0 Å². The Morgan fingerprint density at radius 1 is 1.53 bits per heavy atom. The van der Waals surface area contributed by atoms with Gasteiger partial charge in [0.2, 0.25) is 5.78 Å². The Morgan fingerprint density at radius 2 is 2.20 bits per heavy atom. The lowest BCUT2D eigenvalue weighted by Crippen LogP contribution is -2.25. The Balaban J connectivity index is 2.62. The highest BCUT2D eigenvalue weighted by Crippen LogP contribution is 2.08. The van der Waals surface area contributed by atoms with E-state index in [-0.39, 0.29) is 18.0 Å². The summed E-state index contributed by atoms with van der Waals surface area (Å²) in [6.07, 6.45) is 3.43. The summed E-state index contributed by atoms with van der Waals surface area (Å²) in [6.45, 7) is 8.58. The number of nitrogens with zero attached hydrogens (tertiary/aromatic N) is 2. The number of ketones is 1. The number of Topliss-reactive ketones (excluding diaryl/α,β-unsaturated/α-hetero) is 1. The third-order valence-corrected chi connectivity index (χ3v) is 1.94. The summed E-state index contributed by atoms with van der Waals surface area (Å²) >= 11 is 0. The Hall–Kier alpha value is -1.16. The van der Waals surface area contributed by atoms with Crippen LogP contribution in [-0.2, 0) is 11.3 Å². The molecule has 1 aromatic rings. The van der Waals surface area contributed by atoms with Crippen LogP contribution in [0.4, 0.5) is 0 Å². The second-order valence-corrected chi connectivity index (χ2v) is 4.36. The van der Waals surface area contributed by atoms with Gasteiger partial charge in [0.1, 0.15) is 6.61 Å². The van der Waals surface area contributed by atoms with Crippen LogP contribution >= 0.6 is 0 Å². The lowest BCUT2D eigenvalue weighted by Gasteiger charge is -2.18. The van der Waals surface area contributed by atoms with Gasteiger partial charge in [0.15, 0.2) is 5.82 Å². The summed E-state index contributed by atoms with van der Waals surface area (Å²) in [5.41, 5.74) is -0.292. The van der Waals surface area contributed by atoms with E-state index >= 15 is 0 Å². The van der Waals surface area contributed by atoms with Gasteiger partial charge in [0.05, 0.1) is 5.60 Å². The van der Waals surface area contributed by atoms with Gasteiger partial charge in [-0.25, -0.2) is 4.98 Å². The topological polar surface area (TPSA) is 44.1 Å². The number of aromatic nitrogens is 2. The fourth-order valence-corrected chi connectivity index (χ4v) is 1.16. The Labute approximate surface area is 90.3 Å². The number of carbonyl (C=O) groups is 1. The van der Waals surface area contributed by atoms with Gasteiger partial charge in [-0.3, -0.25) is 4.79 Å². The first kappa shape index (κ1) is 11.9. The van der Waals surface area contributed by atoms with Crippen LogP contribution in [0, 0.1) is 0 Å². The summed E-state index contributed by atoms with van der Waals surface area (Å²) in [5, 5.41) is 0. The van der Waals surface area contributed by atoms with Crippen molar-refractivity contribution in [3.8, 4) is 0 Å². The number of rotatable bonds is 4. The van der Waals surface area contributed by atoms with Crippen LogP contribution in [0.5, 0.6) is 0 Å². The highest BCUT2D eigenvalue weighted by Gasteiger charge is 2.16. The third kappa shape index (κ3) is 3.47. The molecule has 0 amide bonds. The average Bonchev–Trinajstić information content (AvgIpc) is 2.60. The van der Waals surface area contributed by atoms with E-state index in [2.05, 4.69) is 4.98 Å². The molecule has 0 aliphatic rings. The molecule has 0 aliphatic heterocycles. The van der Waals surface area contributed by atoms with Crippen molar-refractivity contribution in [3.63, 3.8) is 0 Å². The molecule has 15 heavy (non-hydrogen) atoms. The van der Waals surface area contributed by atoms with Gasteiger partial charge in [-0.15, -0.1) is 0 Å². The highest BCUT2D eigenvalue weighted by molar-refractivity contribution is 5.93. The zero-order valence-electron chi connectivity index (χ0n) is 9.78. The normalized spacial score (nSPS) is 11.7. The smallest absolute Gasteiger partial charge is 0.223 e. The third-order valence-electron chi connectivity index (χ3n) is 1.94. The van der Waals surface area contributed by atoms with Gasteiger partial charge in [-0.05, 0) is 27.7 Å². The molecule has 0 aromatic carbocycles. The van der Waals surface area contributed by atoms with Gasteiger partial charge in [0.25, 0.3) is 0 Å². The van der Waals surface area contributed by atoms with E-state index in [0.717, 1.165) is 6.54 Å². The van der Waals surface area contributed by atoms with Gasteiger partial charge in [-0.2, -0.15) is 0 Å². The fraction of sp³-hybridized carbons (Fsp3) is 0.636. The SMILES string of the molecule is CCn1ccnc1C(=O)COC(C)(C)C. The molecule has 4 heteroatoms. The number of imidazole rings is 1. The molecule has 0 fully saturated rings. The maximum atomic E-state index is 11.7. The first-order valence-corrected chi connectivity index (χ1v) is 5.12. The van der Waals surface area contributed by atoms with Crippen molar-refractivity contribution in [2.75, 3.05) is 6.61 Å². The van der Waals surface area contributed by atoms with E-state index in [1.807, 2.05) is 32.3 Å². The van der Waals surface area contributed by atoms with Crippen LogP contribution in [0.25, 0.3) is 0 Å². The monoisotopic (exact) mass is 210 g/mol. The molecule has 0 atom stereocenters. The molecule has 0 spiro atoms. The second kappa shape index (κ2) is 4.57. The molecule has 1 rings (SSSR count). The fourth-order valence-electron chi connectivity index (χ4n) is 1.16. The van der Waals surface area contributed by atoms with Crippen LogP contribution in [-0.4, -0.2) is 27.5 Å². The summed E-state index contributed by atoms with van der Waals surface area (Å²) in [4.78, 5) is 15.7. The summed E-state index contributed by atoms with van der Waals surface area (Å²) in [5.74, 6) is 0.401. The Morgan fingerprint density at radius 3 is 2.73 bits per heavy atom. The molecule has 0 aliphatic carbocycles. The lowest BCUT2D eigenvalue weighted by atomic mass is 10.2. The van der Waals surface area contributed by atoms with Crippen LogP contribution in [0.3, 0.4) is 0 Å². The minimum atomic E-state index is -0.292. The van der Waals surface area contributed by atoms with Crippen molar-refractivity contribution in [3.05, 3.63) is 18.2 Å².